The molecule has 1 saturated heterocycles. The number of nitrogens with zero attached hydrogens (tertiary/aromatic N) is 2. The molecule has 0 bridgehead atoms. The van der Waals surface area contributed by atoms with E-state index in [1.807, 2.05) is 0 Å². The fourth-order valence-corrected chi connectivity index (χ4v) is 3.31. The average molecular weight is 255 g/mol. The van der Waals surface area contributed by atoms with Crippen molar-refractivity contribution >= 4 is 0 Å². The minimum Gasteiger partial charge on any atom is -0.319 e. The minimum atomic E-state index is 0.402. The number of rotatable bonds is 8. The Hall–Kier alpha value is -0.120. The van der Waals surface area contributed by atoms with Crippen LogP contribution in [0.15, 0.2) is 0 Å². The van der Waals surface area contributed by atoms with Crippen molar-refractivity contribution in [2.75, 3.05) is 46.8 Å². The van der Waals surface area contributed by atoms with E-state index in [9.17, 15) is 0 Å². The predicted octanol–water partition coefficient (Wildman–Crippen LogP) is 2.04. The summed E-state index contributed by atoms with van der Waals surface area (Å²) in [6, 6.07) is 0.788. The first-order valence-corrected chi connectivity index (χ1v) is 7.62. The lowest BCUT2D eigenvalue weighted by atomic mass is 9.87. The Morgan fingerprint density at radius 2 is 2.11 bits per heavy atom. The number of likely N-dealkylation sites (N-methyl/N-ethyl adjacent to an activating group) is 2. The molecule has 2 unspecified atom stereocenters. The minimum absolute atomic E-state index is 0.402. The van der Waals surface area contributed by atoms with Crippen LogP contribution < -0.4 is 5.32 Å². The van der Waals surface area contributed by atoms with Crippen LogP contribution >= 0.6 is 0 Å². The normalized spacial score (nSPS) is 24.7. The van der Waals surface area contributed by atoms with Crippen LogP contribution in [0.2, 0.25) is 0 Å². The van der Waals surface area contributed by atoms with Gasteiger partial charge in [0.05, 0.1) is 0 Å². The quantitative estimate of drug-likeness (QED) is 0.716. The van der Waals surface area contributed by atoms with E-state index < -0.39 is 0 Å². The molecule has 3 heteroatoms. The fourth-order valence-electron chi connectivity index (χ4n) is 3.31. The molecule has 1 rings (SSSR count). The highest BCUT2D eigenvalue weighted by molar-refractivity contribution is 4.84. The molecule has 0 spiro atoms. The van der Waals surface area contributed by atoms with E-state index in [4.69, 9.17) is 0 Å². The third-order valence-electron chi connectivity index (χ3n) is 4.54. The van der Waals surface area contributed by atoms with Crippen molar-refractivity contribution in [1.29, 1.82) is 0 Å². The van der Waals surface area contributed by atoms with Gasteiger partial charge >= 0.3 is 0 Å². The van der Waals surface area contributed by atoms with E-state index in [1.54, 1.807) is 0 Å². The predicted molar refractivity (Wildman–Crippen MR) is 80.1 cm³/mol. The molecule has 0 saturated carbocycles. The van der Waals surface area contributed by atoms with Gasteiger partial charge in [-0.15, -0.1) is 0 Å². The lowest BCUT2D eigenvalue weighted by molar-refractivity contribution is 0.143. The zero-order valence-electron chi connectivity index (χ0n) is 13.1. The Morgan fingerprint density at radius 1 is 1.39 bits per heavy atom. The van der Waals surface area contributed by atoms with Gasteiger partial charge in [-0.1, -0.05) is 20.8 Å². The first kappa shape index (κ1) is 15.9. The first-order chi connectivity index (χ1) is 8.54. The molecule has 1 aliphatic heterocycles. The molecule has 1 fully saturated rings. The molecule has 18 heavy (non-hydrogen) atoms. The van der Waals surface area contributed by atoms with Gasteiger partial charge in [-0.25, -0.2) is 0 Å². The van der Waals surface area contributed by atoms with Crippen molar-refractivity contribution < 1.29 is 0 Å². The Morgan fingerprint density at radius 3 is 2.67 bits per heavy atom. The molecule has 0 aromatic carbocycles. The monoisotopic (exact) mass is 255 g/mol. The highest BCUT2D eigenvalue weighted by atomic mass is 15.2. The summed E-state index contributed by atoms with van der Waals surface area (Å²) in [5.74, 6) is 0. The van der Waals surface area contributed by atoms with Gasteiger partial charge in [-0.2, -0.15) is 0 Å². The maximum atomic E-state index is 3.34. The summed E-state index contributed by atoms with van der Waals surface area (Å²) in [5.41, 5.74) is 0.402. The third-order valence-corrected chi connectivity index (χ3v) is 4.54. The maximum Gasteiger partial charge on any atom is 0.0223 e. The maximum absolute atomic E-state index is 3.34. The summed E-state index contributed by atoms with van der Waals surface area (Å²) in [4.78, 5) is 5.18. The van der Waals surface area contributed by atoms with Crippen molar-refractivity contribution in [2.24, 2.45) is 5.41 Å². The van der Waals surface area contributed by atoms with Gasteiger partial charge in [0.25, 0.3) is 0 Å². The Bertz CT molecular complexity index is 232. The molecule has 0 aliphatic carbocycles. The molecule has 0 aromatic rings. The molecule has 1 N–H and O–H groups in total. The number of nitrogens with one attached hydrogen (secondary N) is 1. The van der Waals surface area contributed by atoms with E-state index in [0.717, 1.165) is 12.6 Å². The zero-order chi connectivity index (χ0) is 13.6. The van der Waals surface area contributed by atoms with Gasteiger partial charge in [-0.3, -0.25) is 4.90 Å². The van der Waals surface area contributed by atoms with Crippen LogP contribution in [-0.4, -0.2) is 62.7 Å². The number of hydrogen-bond acceptors (Lipinski definition) is 3. The Kier molecular flexibility index (Phi) is 6.61. The van der Waals surface area contributed by atoms with E-state index in [2.05, 4.69) is 50.0 Å². The van der Waals surface area contributed by atoms with E-state index in [-0.39, 0.29) is 0 Å². The Labute approximate surface area is 114 Å². The Balaban J connectivity index is 2.42. The van der Waals surface area contributed by atoms with Crippen LogP contribution in [0.4, 0.5) is 0 Å². The highest BCUT2D eigenvalue weighted by Gasteiger charge is 2.27. The first-order valence-electron chi connectivity index (χ1n) is 7.62. The van der Waals surface area contributed by atoms with Gasteiger partial charge in [0.2, 0.25) is 0 Å². The number of hydrogen-bond donors (Lipinski definition) is 1. The van der Waals surface area contributed by atoms with Crippen molar-refractivity contribution in [3.8, 4) is 0 Å². The van der Waals surface area contributed by atoms with Crippen LogP contribution in [0.5, 0.6) is 0 Å². The molecule has 0 aromatic heterocycles. The lowest BCUT2D eigenvalue weighted by Gasteiger charge is -2.35. The van der Waals surface area contributed by atoms with Crippen LogP contribution in [-0.2, 0) is 0 Å². The second-order valence-corrected chi connectivity index (χ2v) is 6.32. The zero-order valence-corrected chi connectivity index (χ0v) is 13.1. The SMILES string of the molecule is CCN1CCCC1CN(C)CC(C)(CC)CNC. The molecule has 2 atom stereocenters. The molecule has 0 radical (unpaired) electrons. The van der Waals surface area contributed by atoms with Gasteiger partial charge in [0.1, 0.15) is 0 Å². The summed E-state index contributed by atoms with van der Waals surface area (Å²) in [6.07, 6.45) is 4.00. The number of likely N-dealkylation sites (tertiary alicyclic amines) is 1. The average Bonchev–Trinajstić information content (AvgIpc) is 2.76. The van der Waals surface area contributed by atoms with Gasteiger partial charge < -0.3 is 10.2 Å². The van der Waals surface area contributed by atoms with Crippen LogP contribution in [0.25, 0.3) is 0 Å². The molecular weight excluding hydrogens is 222 g/mol. The van der Waals surface area contributed by atoms with Crippen LogP contribution in [0, 0.1) is 5.41 Å². The van der Waals surface area contributed by atoms with E-state index in [1.165, 1.54) is 45.4 Å². The van der Waals surface area contributed by atoms with Crippen molar-refractivity contribution in [3.63, 3.8) is 0 Å². The molecule has 108 valence electrons. The highest BCUT2D eigenvalue weighted by Crippen LogP contribution is 2.23. The summed E-state index contributed by atoms with van der Waals surface area (Å²) < 4.78 is 0. The molecule has 0 amide bonds. The molecule has 1 heterocycles. The second kappa shape index (κ2) is 7.46. The largest absolute Gasteiger partial charge is 0.319 e. The third kappa shape index (κ3) is 4.52. The topological polar surface area (TPSA) is 18.5 Å². The van der Waals surface area contributed by atoms with Crippen molar-refractivity contribution in [1.82, 2.24) is 15.1 Å². The van der Waals surface area contributed by atoms with Crippen molar-refractivity contribution in [2.45, 2.75) is 46.1 Å². The van der Waals surface area contributed by atoms with Gasteiger partial charge in [0.15, 0.2) is 0 Å². The van der Waals surface area contributed by atoms with E-state index in [0.29, 0.717) is 5.41 Å². The van der Waals surface area contributed by atoms with E-state index >= 15 is 0 Å². The summed E-state index contributed by atoms with van der Waals surface area (Å²) in [7, 11) is 4.35. The summed E-state index contributed by atoms with van der Waals surface area (Å²) in [5, 5.41) is 3.34. The molecular formula is C15H33N3. The smallest absolute Gasteiger partial charge is 0.0223 e. The van der Waals surface area contributed by atoms with Crippen LogP contribution in [0.3, 0.4) is 0 Å². The lowest BCUT2D eigenvalue weighted by Crippen LogP contribution is -2.44. The summed E-state index contributed by atoms with van der Waals surface area (Å²) in [6.45, 7) is 13.0. The summed E-state index contributed by atoms with van der Waals surface area (Å²) >= 11 is 0. The van der Waals surface area contributed by atoms with Gasteiger partial charge in [0, 0.05) is 25.7 Å². The fraction of sp³-hybridized carbons (Fsp3) is 1.00. The van der Waals surface area contributed by atoms with Gasteiger partial charge in [-0.05, 0) is 51.9 Å². The standard InChI is InChI=1S/C15H33N3/c1-6-15(3,12-16-4)13-17(5)11-14-9-8-10-18(14)7-2/h14,16H,6-13H2,1-5H3. The molecule has 3 nitrogen and oxygen atoms in total. The second-order valence-electron chi connectivity index (χ2n) is 6.32. The van der Waals surface area contributed by atoms with Crippen LogP contribution in [0.1, 0.15) is 40.0 Å². The van der Waals surface area contributed by atoms with Crippen molar-refractivity contribution in [3.05, 3.63) is 0 Å². The molecule has 1 aliphatic rings.